The summed E-state index contributed by atoms with van der Waals surface area (Å²) in [6.07, 6.45) is 3.08. The van der Waals surface area contributed by atoms with E-state index in [1.165, 1.54) is 25.9 Å². The average molecular weight is 643 g/mol. The van der Waals surface area contributed by atoms with Crippen LogP contribution in [0.5, 0.6) is 0 Å². The van der Waals surface area contributed by atoms with Crippen molar-refractivity contribution in [2.75, 3.05) is 69.6 Å². The largest absolute Gasteiger partial charge is 0.367 e. The Hall–Kier alpha value is -2.81. The Morgan fingerprint density at radius 3 is 2.26 bits per heavy atom. The Labute approximate surface area is 269 Å². The highest BCUT2D eigenvalue weighted by Crippen LogP contribution is 2.30. The minimum absolute atomic E-state index is 0.224. The predicted molar refractivity (Wildman–Crippen MR) is 177 cm³/mol. The highest BCUT2D eigenvalue weighted by Gasteiger charge is 2.25. The van der Waals surface area contributed by atoms with Crippen molar-refractivity contribution in [2.24, 2.45) is 5.92 Å². The zero-order valence-corrected chi connectivity index (χ0v) is 26.7. The number of halogens is 3. The van der Waals surface area contributed by atoms with Crippen molar-refractivity contribution >= 4 is 58.0 Å². The third-order valence-corrected chi connectivity index (χ3v) is 9.18. The molecule has 0 spiro atoms. The van der Waals surface area contributed by atoms with Crippen molar-refractivity contribution in [2.45, 2.75) is 19.3 Å². The number of hydrogen-bond donors (Lipinski definition) is 2. The lowest BCUT2D eigenvalue weighted by Gasteiger charge is -2.39. The lowest BCUT2D eigenvalue weighted by Crippen LogP contribution is -2.49. The van der Waals surface area contributed by atoms with Crippen LogP contribution < -0.4 is 15.5 Å². The molecule has 0 saturated carbocycles. The number of likely N-dealkylation sites (tertiary alicyclic amines) is 1. The van der Waals surface area contributed by atoms with Gasteiger partial charge in [-0.25, -0.2) is 0 Å². The molecule has 228 valence electrons. The van der Waals surface area contributed by atoms with Gasteiger partial charge in [-0.2, -0.15) is 0 Å². The molecule has 0 bridgehead atoms. The van der Waals surface area contributed by atoms with Crippen LogP contribution in [0.25, 0.3) is 0 Å². The summed E-state index contributed by atoms with van der Waals surface area (Å²) in [5.41, 5.74) is 3.33. The van der Waals surface area contributed by atoms with E-state index in [2.05, 4.69) is 32.4 Å². The fourth-order valence-electron chi connectivity index (χ4n) is 5.80. The molecule has 43 heavy (non-hydrogen) atoms. The summed E-state index contributed by atoms with van der Waals surface area (Å²) in [5, 5.41) is 7.66. The van der Waals surface area contributed by atoms with E-state index < -0.39 is 0 Å². The summed E-state index contributed by atoms with van der Waals surface area (Å²) >= 11 is 18.4. The van der Waals surface area contributed by atoms with Gasteiger partial charge in [-0.3, -0.25) is 14.5 Å². The molecule has 2 fully saturated rings. The number of benzene rings is 3. The third kappa shape index (κ3) is 8.64. The van der Waals surface area contributed by atoms with Gasteiger partial charge in [0.25, 0.3) is 11.8 Å². The van der Waals surface area contributed by atoms with E-state index in [1.54, 1.807) is 42.5 Å². The van der Waals surface area contributed by atoms with Gasteiger partial charge in [0.2, 0.25) is 0 Å². The van der Waals surface area contributed by atoms with E-state index in [0.717, 1.165) is 49.9 Å². The lowest BCUT2D eigenvalue weighted by atomic mass is 9.96. The summed E-state index contributed by atoms with van der Waals surface area (Å²) in [5.74, 6) is 0.251. The van der Waals surface area contributed by atoms with Crippen LogP contribution >= 0.6 is 34.8 Å². The van der Waals surface area contributed by atoms with Crippen molar-refractivity contribution in [1.82, 2.24) is 15.1 Å². The zero-order chi connectivity index (χ0) is 30.3. The molecule has 0 atom stereocenters. The van der Waals surface area contributed by atoms with Crippen LogP contribution in [-0.4, -0.2) is 81.0 Å². The summed E-state index contributed by atoms with van der Waals surface area (Å²) in [4.78, 5) is 33.7. The molecule has 2 saturated heterocycles. The van der Waals surface area contributed by atoms with Crippen molar-refractivity contribution < 1.29 is 9.59 Å². The van der Waals surface area contributed by atoms with Gasteiger partial charge in [0, 0.05) is 65.5 Å². The second kappa shape index (κ2) is 14.8. The maximum absolute atomic E-state index is 13.2. The van der Waals surface area contributed by atoms with Gasteiger partial charge in [0.1, 0.15) is 0 Å². The monoisotopic (exact) mass is 641 g/mol. The molecular formula is C33H38Cl3N5O2. The van der Waals surface area contributed by atoms with Crippen LogP contribution in [0.2, 0.25) is 15.1 Å². The molecule has 5 rings (SSSR count). The number of nitrogens with zero attached hydrogens (tertiary/aromatic N) is 3. The Balaban J connectivity index is 1.27. The number of rotatable bonds is 9. The number of nitrogens with one attached hydrogen (secondary N) is 2. The van der Waals surface area contributed by atoms with Crippen LogP contribution in [0.1, 0.15) is 39.1 Å². The van der Waals surface area contributed by atoms with Gasteiger partial charge in [0.05, 0.1) is 11.4 Å². The molecule has 3 aromatic rings. The van der Waals surface area contributed by atoms with E-state index >= 15 is 0 Å². The van der Waals surface area contributed by atoms with Crippen molar-refractivity contribution in [3.8, 4) is 0 Å². The van der Waals surface area contributed by atoms with Gasteiger partial charge in [0.15, 0.2) is 0 Å². The van der Waals surface area contributed by atoms with E-state index in [9.17, 15) is 9.59 Å². The lowest BCUT2D eigenvalue weighted by molar-refractivity contribution is 0.0952. The second-order valence-corrected chi connectivity index (χ2v) is 12.8. The number of carbonyl (C=O) groups is 2. The molecule has 10 heteroatoms. The molecule has 3 aromatic carbocycles. The molecular weight excluding hydrogens is 605 g/mol. The molecule has 0 unspecified atom stereocenters. The first-order chi connectivity index (χ1) is 20.7. The molecule has 0 aromatic heterocycles. The van der Waals surface area contributed by atoms with Crippen molar-refractivity contribution in [1.29, 1.82) is 0 Å². The Morgan fingerprint density at radius 2 is 1.53 bits per heavy atom. The molecule has 2 amide bonds. The summed E-state index contributed by atoms with van der Waals surface area (Å²) in [7, 11) is 2.20. The van der Waals surface area contributed by atoms with Crippen molar-refractivity contribution in [3.05, 3.63) is 92.4 Å². The first-order valence-corrected chi connectivity index (χ1v) is 16.0. The molecule has 0 aliphatic carbocycles. The topological polar surface area (TPSA) is 67.9 Å². The number of carbonyl (C=O) groups excluding carboxylic acids is 2. The SMILES string of the molecule is CN1CCC(CN2CCN(c3ccc(C(=O)NCCc4ccc(Cl)cc4Cl)cc3NC(=O)c3cccc(Cl)c3)CC2)CC1. The van der Waals surface area contributed by atoms with E-state index in [0.29, 0.717) is 44.8 Å². The summed E-state index contributed by atoms with van der Waals surface area (Å²) in [6.45, 7) is 7.52. The van der Waals surface area contributed by atoms with Crippen LogP contribution in [0.4, 0.5) is 11.4 Å². The van der Waals surface area contributed by atoms with Crippen LogP contribution in [-0.2, 0) is 6.42 Å². The number of piperidine rings is 1. The molecule has 2 heterocycles. The molecule has 0 radical (unpaired) electrons. The zero-order valence-electron chi connectivity index (χ0n) is 24.4. The smallest absolute Gasteiger partial charge is 0.255 e. The minimum atomic E-state index is -0.278. The molecule has 7 nitrogen and oxygen atoms in total. The Morgan fingerprint density at radius 1 is 0.814 bits per heavy atom. The highest BCUT2D eigenvalue weighted by atomic mass is 35.5. The second-order valence-electron chi connectivity index (χ2n) is 11.5. The van der Waals surface area contributed by atoms with E-state index in [4.69, 9.17) is 34.8 Å². The number of anilines is 2. The van der Waals surface area contributed by atoms with E-state index in [-0.39, 0.29) is 11.8 Å². The summed E-state index contributed by atoms with van der Waals surface area (Å²) < 4.78 is 0. The summed E-state index contributed by atoms with van der Waals surface area (Å²) in [6, 6.07) is 17.7. The molecule has 2 aliphatic rings. The Bertz CT molecular complexity index is 1440. The van der Waals surface area contributed by atoms with Gasteiger partial charge in [-0.05, 0) is 99.4 Å². The quantitative estimate of drug-likeness (QED) is 0.285. The van der Waals surface area contributed by atoms with Crippen LogP contribution in [0, 0.1) is 5.92 Å². The first-order valence-electron chi connectivity index (χ1n) is 14.8. The number of piperazine rings is 1. The van der Waals surface area contributed by atoms with Crippen LogP contribution in [0.15, 0.2) is 60.7 Å². The van der Waals surface area contributed by atoms with Gasteiger partial charge in [-0.1, -0.05) is 46.9 Å². The van der Waals surface area contributed by atoms with Crippen molar-refractivity contribution in [3.63, 3.8) is 0 Å². The van der Waals surface area contributed by atoms with E-state index in [1.807, 2.05) is 18.2 Å². The predicted octanol–water partition coefficient (Wildman–Crippen LogP) is 6.34. The maximum atomic E-state index is 13.2. The Kier molecular flexibility index (Phi) is 10.9. The van der Waals surface area contributed by atoms with Gasteiger partial charge < -0.3 is 20.4 Å². The fraction of sp³-hybridized carbons (Fsp3) is 0.394. The number of amides is 2. The van der Waals surface area contributed by atoms with Crippen LogP contribution in [0.3, 0.4) is 0 Å². The minimum Gasteiger partial charge on any atom is -0.367 e. The third-order valence-electron chi connectivity index (χ3n) is 8.36. The first kappa shape index (κ1) is 31.6. The number of hydrogen-bond acceptors (Lipinski definition) is 5. The maximum Gasteiger partial charge on any atom is 0.255 e. The average Bonchev–Trinajstić information content (AvgIpc) is 3.00. The van der Waals surface area contributed by atoms with Gasteiger partial charge in [-0.15, -0.1) is 0 Å². The van der Waals surface area contributed by atoms with Gasteiger partial charge >= 0.3 is 0 Å². The normalized spacial score (nSPS) is 16.7. The standard InChI is InChI=1S/C33H38Cl3N5O2/c1-39-13-10-23(11-14-39)22-40-15-17-41(18-16-40)31-8-6-26(20-30(31)38-33(43)25-3-2-4-27(34)19-25)32(42)37-12-9-24-5-7-28(35)21-29(24)36/h2-8,19-21,23H,9-18,22H2,1H3,(H,37,42)(H,38,43). The molecule has 2 aliphatic heterocycles. The fourth-order valence-corrected chi connectivity index (χ4v) is 6.49. The molecule has 2 N–H and O–H groups in total. The highest BCUT2D eigenvalue weighted by molar-refractivity contribution is 6.35.